The molecule has 1 aliphatic rings. The zero-order valence-corrected chi connectivity index (χ0v) is 15.8. The molecular formula is C20H33NO4. The summed E-state index contributed by atoms with van der Waals surface area (Å²) in [6.07, 6.45) is 15.6. The van der Waals surface area contributed by atoms with E-state index in [1.54, 1.807) is 13.8 Å². The third kappa shape index (κ3) is 9.32. The summed E-state index contributed by atoms with van der Waals surface area (Å²) in [4.78, 5) is 24.0. The van der Waals surface area contributed by atoms with Crippen molar-refractivity contribution >= 4 is 11.9 Å². The van der Waals surface area contributed by atoms with Crippen LogP contribution in [0.2, 0.25) is 0 Å². The van der Waals surface area contributed by atoms with Gasteiger partial charge < -0.3 is 14.8 Å². The van der Waals surface area contributed by atoms with Crippen molar-refractivity contribution < 1.29 is 19.1 Å². The highest BCUT2D eigenvalue weighted by molar-refractivity contribution is 6.13. The van der Waals surface area contributed by atoms with Gasteiger partial charge in [0.2, 0.25) is 0 Å². The van der Waals surface area contributed by atoms with Gasteiger partial charge in [0.25, 0.3) is 0 Å². The van der Waals surface area contributed by atoms with Gasteiger partial charge in [-0.3, -0.25) is 0 Å². The lowest BCUT2D eigenvalue weighted by Crippen LogP contribution is -2.21. The summed E-state index contributed by atoms with van der Waals surface area (Å²) in [5.74, 6) is -1.30. The van der Waals surface area contributed by atoms with Gasteiger partial charge in [-0.05, 0) is 39.5 Å². The first-order valence-corrected chi connectivity index (χ1v) is 9.69. The molecule has 0 aliphatic heterocycles. The Hall–Kier alpha value is -1.78. The van der Waals surface area contributed by atoms with Gasteiger partial charge in [0.1, 0.15) is 0 Å². The molecule has 1 rings (SSSR count). The summed E-state index contributed by atoms with van der Waals surface area (Å²) < 4.78 is 9.91. The van der Waals surface area contributed by atoms with Gasteiger partial charge >= 0.3 is 11.9 Å². The van der Waals surface area contributed by atoms with E-state index >= 15 is 0 Å². The quantitative estimate of drug-likeness (QED) is 0.333. The van der Waals surface area contributed by atoms with Crippen LogP contribution in [0.15, 0.2) is 23.5 Å². The van der Waals surface area contributed by atoms with E-state index in [1.807, 2.05) is 0 Å². The average molecular weight is 351 g/mol. The monoisotopic (exact) mass is 351 g/mol. The number of esters is 2. The van der Waals surface area contributed by atoms with Crippen LogP contribution < -0.4 is 5.32 Å². The number of carbonyl (C=O) groups is 2. The Bertz CT molecular complexity index is 448. The van der Waals surface area contributed by atoms with E-state index in [9.17, 15) is 9.59 Å². The molecule has 0 unspecified atom stereocenters. The smallest absolute Gasteiger partial charge is 0.347 e. The van der Waals surface area contributed by atoms with Crippen molar-refractivity contribution in [2.45, 2.75) is 78.1 Å². The highest BCUT2D eigenvalue weighted by Gasteiger charge is 2.21. The van der Waals surface area contributed by atoms with Crippen molar-refractivity contribution in [3.63, 3.8) is 0 Å². The number of rotatable bonds is 6. The molecule has 1 aliphatic carbocycles. The normalized spacial score (nSPS) is 18.6. The number of ether oxygens (including phenoxy) is 2. The van der Waals surface area contributed by atoms with E-state index in [0.29, 0.717) is 0 Å². The van der Waals surface area contributed by atoms with E-state index in [1.165, 1.54) is 51.1 Å². The molecule has 0 spiro atoms. The highest BCUT2D eigenvalue weighted by Crippen LogP contribution is 2.16. The predicted molar refractivity (Wildman–Crippen MR) is 98.7 cm³/mol. The first-order valence-electron chi connectivity index (χ1n) is 9.69. The minimum absolute atomic E-state index is 0.0873. The Labute approximate surface area is 151 Å². The molecule has 0 saturated carbocycles. The lowest BCUT2D eigenvalue weighted by atomic mass is 10.0. The lowest BCUT2D eigenvalue weighted by Gasteiger charge is -2.12. The average Bonchev–Trinajstić information content (AvgIpc) is 2.57. The summed E-state index contributed by atoms with van der Waals surface area (Å²) >= 11 is 0. The maximum atomic E-state index is 12.0. The van der Waals surface area contributed by atoms with E-state index in [0.717, 1.165) is 25.0 Å². The number of allylic oxidation sites excluding steroid dienone is 2. The molecule has 0 atom stereocenters. The first-order chi connectivity index (χ1) is 12.2. The van der Waals surface area contributed by atoms with Crippen LogP contribution in [0.25, 0.3) is 0 Å². The van der Waals surface area contributed by atoms with Crippen LogP contribution in [-0.2, 0) is 19.1 Å². The maximum Gasteiger partial charge on any atom is 0.347 e. The number of carbonyl (C=O) groups excluding carboxylic acids is 2. The fraction of sp³-hybridized carbons (Fsp3) is 0.700. The van der Waals surface area contributed by atoms with Crippen molar-refractivity contribution in [2.75, 3.05) is 13.2 Å². The van der Waals surface area contributed by atoms with Gasteiger partial charge in [0.15, 0.2) is 5.57 Å². The summed E-state index contributed by atoms with van der Waals surface area (Å²) in [6.45, 7) is 3.86. The zero-order valence-electron chi connectivity index (χ0n) is 15.8. The molecule has 5 nitrogen and oxygen atoms in total. The summed E-state index contributed by atoms with van der Waals surface area (Å²) in [5, 5.41) is 3.15. The molecule has 25 heavy (non-hydrogen) atoms. The molecule has 142 valence electrons. The Morgan fingerprint density at radius 1 is 0.920 bits per heavy atom. The Kier molecular flexibility index (Phi) is 11.5. The molecule has 0 radical (unpaired) electrons. The van der Waals surface area contributed by atoms with Crippen LogP contribution in [0, 0.1) is 0 Å². The lowest BCUT2D eigenvalue weighted by molar-refractivity contribution is -0.146. The van der Waals surface area contributed by atoms with Gasteiger partial charge in [-0.15, -0.1) is 0 Å². The molecule has 0 aromatic heterocycles. The van der Waals surface area contributed by atoms with E-state index < -0.39 is 11.9 Å². The molecule has 0 bridgehead atoms. The summed E-state index contributed by atoms with van der Waals surface area (Å²) in [5.41, 5.74) is 0.974. The second kappa shape index (κ2) is 13.5. The van der Waals surface area contributed by atoms with E-state index in [4.69, 9.17) is 9.47 Å². The number of hydrogen-bond donors (Lipinski definition) is 1. The molecular weight excluding hydrogens is 318 g/mol. The second-order valence-electron chi connectivity index (χ2n) is 6.24. The third-order valence-electron chi connectivity index (χ3n) is 4.18. The standard InChI is InChI=1S/C20H33NO4/c1-3-24-19(22)18(20(23)25-4-2)16-21-17-14-12-10-8-6-5-7-9-11-13-15-17/h14,16,21H,3-13,15H2,1-2H3/b17-14+. The predicted octanol–water partition coefficient (Wildman–Crippen LogP) is 4.38. The van der Waals surface area contributed by atoms with Gasteiger partial charge in [-0.25, -0.2) is 9.59 Å². The molecule has 0 fully saturated rings. The third-order valence-corrected chi connectivity index (χ3v) is 4.18. The van der Waals surface area contributed by atoms with Crippen LogP contribution in [0.3, 0.4) is 0 Å². The van der Waals surface area contributed by atoms with Crippen molar-refractivity contribution in [1.29, 1.82) is 0 Å². The largest absolute Gasteiger partial charge is 0.462 e. The summed E-state index contributed by atoms with van der Waals surface area (Å²) in [6, 6.07) is 0. The minimum Gasteiger partial charge on any atom is -0.462 e. The Balaban J connectivity index is 2.76. The van der Waals surface area contributed by atoms with Crippen LogP contribution in [0.1, 0.15) is 78.1 Å². The first kappa shape index (κ1) is 21.3. The molecule has 5 heteroatoms. The van der Waals surface area contributed by atoms with Crippen molar-refractivity contribution in [3.8, 4) is 0 Å². The molecule has 0 aromatic rings. The van der Waals surface area contributed by atoms with Crippen molar-refractivity contribution in [2.24, 2.45) is 0 Å². The SMILES string of the molecule is CCOC(=O)C(=CN/C1=C/CCCCCCCCCC1)C(=O)OCC. The minimum atomic E-state index is -0.651. The maximum absolute atomic E-state index is 12.0. The van der Waals surface area contributed by atoms with E-state index in [-0.39, 0.29) is 18.8 Å². The molecule has 0 aromatic carbocycles. The van der Waals surface area contributed by atoms with Gasteiger partial charge in [-0.1, -0.05) is 44.6 Å². The van der Waals surface area contributed by atoms with E-state index in [2.05, 4.69) is 11.4 Å². The van der Waals surface area contributed by atoms with Gasteiger partial charge in [0.05, 0.1) is 13.2 Å². The van der Waals surface area contributed by atoms with Crippen molar-refractivity contribution in [1.82, 2.24) is 5.32 Å². The van der Waals surface area contributed by atoms with Gasteiger partial charge in [-0.2, -0.15) is 0 Å². The Morgan fingerprint density at radius 2 is 1.44 bits per heavy atom. The van der Waals surface area contributed by atoms with Crippen molar-refractivity contribution in [3.05, 3.63) is 23.5 Å². The highest BCUT2D eigenvalue weighted by atomic mass is 16.6. The zero-order chi connectivity index (χ0) is 18.3. The van der Waals surface area contributed by atoms with Crippen LogP contribution in [-0.4, -0.2) is 25.2 Å². The summed E-state index contributed by atoms with van der Waals surface area (Å²) in [7, 11) is 0. The number of nitrogens with one attached hydrogen (secondary N) is 1. The Morgan fingerprint density at radius 3 is 2.00 bits per heavy atom. The molecule has 0 amide bonds. The molecule has 0 saturated heterocycles. The fourth-order valence-corrected chi connectivity index (χ4v) is 2.81. The van der Waals surface area contributed by atoms with Crippen LogP contribution in [0.5, 0.6) is 0 Å². The fourth-order valence-electron chi connectivity index (χ4n) is 2.81. The number of hydrogen-bond acceptors (Lipinski definition) is 5. The van der Waals surface area contributed by atoms with Gasteiger partial charge in [0, 0.05) is 11.9 Å². The molecule has 0 heterocycles. The molecule has 1 N–H and O–H groups in total. The van der Waals surface area contributed by atoms with Crippen LogP contribution in [0.4, 0.5) is 0 Å². The second-order valence-corrected chi connectivity index (χ2v) is 6.24. The topological polar surface area (TPSA) is 64.6 Å². The van der Waals surface area contributed by atoms with Crippen LogP contribution >= 0.6 is 0 Å².